The number of hydrogen-bond acceptors (Lipinski definition) is 7. The summed E-state index contributed by atoms with van der Waals surface area (Å²) in [5.74, 6) is -0.164. The molecule has 1 rings (SSSR count). The van der Waals surface area contributed by atoms with Crippen LogP contribution in [0.3, 0.4) is 0 Å². The van der Waals surface area contributed by atoms with Crippen molar-refractivity contribution in [3.05, 3.63) is 23.8 Å². The molecule has 39 heavy (non-hydrogen) atoms. The number of carbonyl (C=O) groups is 1. The minimum Gasteiger partial charge on any atom is -0.493 e. The van der Waals surface area contributed by atoms with Gasteiger partial charge in [0.15, 0.2) is 12.6 Å². The van der Waals surface area contributed by atoms with E-state index in [0.29, 0.717) is 63.6 Å². The fourth-order valence-corrected chi connectivity index (χ4v) is 4.10. The Hall–Kier alpha value is -1.87. The summed E-state index contributed by atoms with van der Waals surface area (Å²) in [5.41, 5.74) is 0.105. The number of benzene rings is 1. The van der Waals surface area contributed by atoms with Crippen LogP contribution in [-0.4, -0.2) is 60.3 Å². The van der Waals surface area contributed by atoms with Gasteiger partial charge >= 0.3 is 5.97 Å². The van der Waals surface area contributed by atoms with E-state index in [1.54, 1.807) is 6.07 Å². The van der Waals surface area contributed by atoms with E-state index in [9.17, 15) is 20.1 Å². The second-order valence-electron chi connectivity index (χ2n) is 10.2. The van der Waals surface area contributed by atoms with Crippen LogP contribution in [0.15, 0.2) is 18.2 Å². The second-order valence-corrected chi connectivity index (χ2v) is 10.2. The zero-order valence-electron chi connectivity index (χ0n) is 24.4. The van der Waals surface area contributed by atoms with Gasteiger partial charge in [0, 0.05) is 19.3 Å². The summed E-state index contributed by atoms with van der Waals surface area (Å²) in [6.45, 7) is 6.35. The highest BCUT2D eigenvalue weighted by Crippen LogP contribution is 2.24. The molecular weight excluding hydrogens is 500 g/mol. The first-order valence-corrected chi connectivity index (χ1v) is 15.2. The number of aliphatic hydroxyl groups is 2. The minimum atomic E-state index is -1.05. The summed E-state index contributed by atoms with van der Waals surface area (Å²) in [6.07, 6.45) is 14.0. The van der Waals surface area contributed by atoms with Crippen molar-refractivity contribution in [1.82, 2.24) is 0 Å². The number of carboxylic acids is 1. The van der Waals surface area contributed by atoms with Gasteiger partial charge in [0.25, 0.3) is 0 Å². The van der Waals surface area contributed by atoms with Gasteiger partial charge in [0.1, 0.15) is 11.5 Å². The zero-order valence-corrected chi connectivity index (χ0v) is 24.4. The van der Waals surface area contributed by atoms with E-state index in [-0.39, 0.29) is 5.56 Å². The van der Waals surface area contributed by atoms with E-state index >= 15 is 0 Å². The lowest BCUT2D eigenvalue weighted by atomic mass is 10.2. The molecule has 0 amide bonds. The van der Waals surface area contributed by atoms with E-state index in [1.165, 1.54) is 50.7 Å². The summed E-state index contributed by atoms with van der Waals surface area (Å²) in [5, 5.41) is 29.4. The fourth-order valence-electron chi connectivity index (χ4n) is 4.10. The Morgan fingerprint density at radius 3 is 1.44 bits per heavy atom. The highest BCUT2D eigenvalue weighted by molar-refractivity contribution is 5.88. The molecule has 2 unspecified atom stereocenters. The molecule has 226 valence electrons. The standard InChI is InChI=1S/C31H54O8/c1-3-5-7-9-13-21-38-29(32)17-11-15-19-36-27-23-26(31(34)35)24-28(25-27)37-20-16-12-18-30(33)39-22-14-10-8-6-4-2/h23-25,29-30,32-33H,3-22H2,1-2H3,(H,34,35). The van der Waals surface area contributed by atoms with Crippen LogP contribution >= 0.6 is 0 Å². The van der Waals surface area contributed by atoms with Gasteiger partial charge in [-0.1, -0.05) is 65.2 Å². The summed E-state index contributed by atoms with van der Waals surface area (Å²) in [4.78, 5) is 11.5. The van der Waals surface area contributed by atoms with Gasteiger partial charge in [-0.3, -0.25) is 0 Å². The maximum absolute atomic E-state index is 11.5. The number of aromatic carboxylic acids is 1. The van der Waals surface area contributed by atoms with E-state index < -0.39 is 18.5 Å². The van der Waals surface area contributed by atoms with Crippen LogP contribution in [0.4, 0.5) is 0 Å². The van der Waals surface area contributed by atoms with Crippen LogP contribution < -0.4 is 9.47 Å². The molecule has 0 radical (unpaired) electrons. The number of ether oxygens (including phenoxy) is 4. The van der Waals surface area contributed by atoms with Crippen LogP contribution in [0.1, 0.15) is 127 Å². The Labute approximate surface area is 236 Å². The van der Waals surface area contributed by atoms with Crippen LogP contribution in [0.5, 0.6) is 11.5 Å². The monoisotopic (exact) mass is 554 g/mol. The molecule has 1 aromatic carbocycles. The molecule has 0 aliphatic heterocycles. The Morgan fingerprint density at radius 2 is 1.03 bits per heavy atom. The van der Waals surface area contributed by atoms with Gasteiger partial charge < -0.3 is 34.3 Å². The molecular formula is C31H54O8. The van der Waals surface area contributed by atoms with Crippen LogP contribution in [0.25, 0.3) is 0 Å². The Kier molecular flexibility index (Phi) is 21.6. The van der Waals surface area contributed by atoms with Crippen LogP contribution in [0, 0.1) is 0 Å². The lowest BCUT2D eigenvalue weighted by Crippen LogP contribution is -2.13. The predicted molar refractivity (Wildman–Crippen MR) is 154 cm³/mol. The number of rotatable bonds is 27. The molecule has 1 aromatic rings. The molecule has 0 aliphatic carbocycles. The average molecular weight is 555 g/mol. The molecule has 3 N–H and O–H groups in total. The molecule has 0 bridgehead atoms. The van der Waals surface area contributed by atoms with E-state index in [1.807, 2.05) is 0 Å². The number of aliphatic hydroxyl groups excluding tert-OH is 2. The van der Waals surface area contributed by atoms with Crippen molar-refractivity contribution in [1.29, 1.82) is 0 Å². The Bertz CT molecular complexity index is 676. The van der Waals surface area contributed by atoms with Gasteiger partial charge in [-0.2, -0.15) is 0 Å². The second kappa shape index (κ2) is 24.0. The van der Waals surface area contributed by atoms with Gasteiger partial charge in [0.2, 0.25) is 0 Å². The van der Waals surface area contributed by atoms with Gasteiger partial charge in [-0.25, -0.2) is 4.79 Å². The molecule has 0 saturated carbocycles. The highest BCUT2D eigenvalue weighted by Gasteiger charge is 2.10. The van der Waals surface area contributed by atoms with Crippen molar-refractivity contribution in [2.75, 3.05) is 26.4 Å². The largest absolute Gasteiger partial charge is 0.493 e. The maximum atomic E-state index is 11.5. The molecule has 0 aliphatic rings. The molecule has 8 heteroatoms. The first-order valence-electron chi connectivity index (χ1n) is 15.2. The van der Waals surface area contributed by atoms with Gasteiger partial charge in [-0.15, -0.1) is 0 Å². The third-order valence-electron chi connectivity index (χ3n) is 6.47. The highest BCUT2D eigenvalue weighted by atomic mass is 16.6. The lowest BCUT2D eigenvalue weighted by molar-refractivity contribution is -0.105. The van der Waals surface area contributed by atoms with Gasteiger partial charge in [-0.05, 0) is 63.5 Å². The summed E-state index contributed by atoms with van der Waals surface area (Å²) >= 11 is 0. The van der Waals surface area contributed by atoms with Crippen LogP contribution in [0.2, 0.25) is 0 Å². The number of hydrogen-bond donors (Lipinski definition) is 3. The van der Waals surface area contributed by atoms with Crippen molar-refractivity contribution in [2.45, 2.75) is 129 Å². The average Bonchev–Trinajstić information content (AvgIpc) is 2.92. The predicted octanol–water partition coefficient (Wildman–Crippen LogP) is 7.09. The lowest BCUT2D eigenvalue weighted by Gasteiger charge is -2.14. The number of unbranched alkanes of at least 4 members (excludes halogenated alkanes) is 10. The smallest absolute Gasteiger partial charge is 0.335 e. The molecule has 0 fully saturated rings. The summed E-state index contributed by atoms with van der Waals surface area (Å²) in [7, 11) is 0. The van der Waals surface area contributed by atoms with Gasteiger partial charge in [0.05, 0.1) is 18.8 Å². The Morgan fingerprint density at radius 1 is 0.615 bits per heavy atom. The fraction of sp³-hybridized carbons (Fsp3) is 0.774. The SMILES string of the molecule is CCCCCCCOC(O)CCCCOc1cc(OCCCCC(O)OCCCCCCC)cc(C(=O)O)c1. The van der Waals surface area contributed by atoms with Crippen LogP contribution in [-0.2, 0) is 9.47 Å². The third kappa shape index (κ3) is 19.8. The zero-order chi connectivity index (χ0) is 28.6. The third-order valence-corrected chi connectivity index (χ3v) is 6.47. The van der Waals surface area contributed by atoms with E-state index in [2.05, 4.69) is 13.8 Å². The molecule has 2 atom stereocenters. The topological polar surface area (TPSA) is 115 Å². The van der Waals surface area contributed by atoms with Crippen molar-refractivity contribution in [3.63, 3.8) is 0 Å². The molecule has 0 saturated heterocycles. The van der Waals surface area contributed by atoms with E-state index in [0.717, 1.165) is 38.5 Å². The van der Waals surface area contributed by atoms with E-state index in [4.69, 9.17) is 18.9 Å². The molecule has 0 aromatic heterocycles. The minimum absolute atomic E-state index is 0.105. The number of carboxylic acid groups (broad SMARTS) is 1. The quantitative estimate of drug-likeness (QED) is 0.0780. The molecule has 8 nitrogen and oxygen atoms in total. The first-order chi connectivity index (χ1) is 19.0. The summed E-state index contributed by atoms with van der Waals surface area (Å²) < 4.78 is 22.5. The first kappa shape index (κ1) is 35.2. The molecule has 0 heterocycles. The Balaban J connectivity index is 2.24. The van der Waals surface area contributed by atoms with Crippen molar-refractivity contribution < 1.29 is 39.1 Å². The van der Waals surface area contributed by atoms with Crippen molar-refractivity contribution in [3.8, 4) is 11.5 Å². The van der Waals surface area contributed by atoms with Crippen molar-refractivity contribution >= 4 is 5.97 Å². The normalized spacial score (nSPS) is 12.8. The van der Waals surface area contributed by atoms with Crippen molar-refractivity contribution in [2.24, 2.45) is 0 Å². The summed E-state index contributed by atoms with van der Waals surface area (Å²) in [6, 6.07) is 4.67. The maximum Gasteiger partial charge on any atom is 0.335 e. The molecule has 0 spiro atoms.